The lowest BCUT2D eigenvalue weighted by Gasteiger charge is -2.12. The van der Waals surface area contributed by atoms with Gasteiger partial charge in [0.1, 0.15) is 0 Å². The highest BCUT2D eigenvalue weighted by atomic mass is 127. The molecule has 0 aliphatic heterocycles. The van der Waals surface area contributed by atoms with Crippen LogP contribution in [0.5, 0.6) is 6.01 Å². The normalized spacial score (nSPS) is 12.4. The second kappa shape index (κ2) is 7.81. The van der Waals surface area contributed by atoms with Gasteiger partial charge >= 0.3 is 6.01 Å². The lowest BCUT2D eigenvalue weighted by molar-refractivity contribution is 0.189. The highest BCUT2D eigenvalue weighted by Crippen LogP contribution is 2.11. The molecule has 3 nitrogen and oxygen atoms in total. The summed E-state index contributed by atoms with van der Waals surface area (Å²) in [5.74, 6) is 0. The third kappa shape index (κ3) is 5.63. The fraction of sp³-hybridized carbons (Fsp3) is 0.667. The summed E-state index contributed by atoms with van der Waals surface area (Å²) < 4.78 is 6.65. The minimum atomic E-state index is 0.205. The molecule has 4 heteroatoms. The summed E-state index contributed by atoms with van der Waals surface area (Å²) in [7, 11) is 0. The zero-order valence-corrected chi connectivity index (χ0v) is 12.1. The van der Waals surface area contributed by atoms with Gasteiger partial charge in [-0.25, -0.2) is 9.97 Å². The van der Waals surface area contributed by atoms with E-state index in [1.807, 2.05) is 0 Å². The lowest BCUT2D eigenvalue weighted by Crippen LogP contribution is -2.13. The van der Waals surface area contributed by atoms with Gasteiger partial charge in [-0.1, -0.05) is 26.2 Å². The van der Waals surface area contributed by atoms with Gasteiger partial charge in [-0.3, -0.25) is 0 Å². The van der Waals surface area contributed by atoms with E-state index in [-0.39, 0.29) is 6.10 Å². The monoisotopic (exact) mass is 334 g/mol. The van der Waals surface area contributed by atoms with Crippen LogP contribution in [0.25, 0.3) is 0 Å². The molecule has 0 radical (unpaired) electrons. The number of ether oxygens (including phenoxy) is 1. The first-order valence-electron chi connectivity index (χ1n) is 5.86. The zero-order chi connectivity index (χ0) is 11.8. The maximum atomic E-state index is 5.62. The van der Waals surface area contributed by atoms with Crippen LogP contribution in [0.2, 0.25) is 0 Å². The molecule has 0 amide bonds. The highest BCUT2D eigenvalue weighted by Gasteiger charge is 2.05. The van der Waals surface area contributed by atoms with Crippen molar-refractivity contribution >= 4 is 22.6 Å². The molecule has 0 spiro atoms. The molecule has 0 saturated carbocycles. The van der Waals surface area contributed by atoms with Gasteiger partial charge in [-0.15, -0.1) is 0 Å². The van der Waals surface area contributed by atoms with Crippen LogP contribution in [0.15, 0.2) is 12.4 Å². The minimum Gasteiger partial charge on any atom is -0.460 e. The number of halogens is 1. The van der Waals surface area contributed by atoms with Gasteiger partial charge in [-0.05, 0) is 42.4 Å². The SMILES string of the molecule is CCCCCCC(C)Oc1ncc(I)cn1. The number of aromatic nitrogens is 2. The summed E-state index contributed by atoms with van der Waals surface area (Å²) in [5, 5.41) is 0. The van der Waals surface area contributed by atoms with Crippen molar-refractivity contribution in [3.05, 3.63) is 16.0 Å². The van der Waals surface area contributed by atoms with E-state index in [2.05, 4.69) is 46.4 Å². The van der Waals surface area contributed by atoms with Crippen molar-refractivity contribution in [3.63, 3.8) is 0 Å². The van der Waals surface area contributed by atoms with Crippen molar-refractivity contribution in [2.45, 2.75) is 52.1 Å². The van der Waals surface area contributed by atoms with Crippen LogP contribution in [0.4, 0.5) is 0 Å². The van der Waals surface area contributed by atoms with E-state index in [0.29, 0.717) is 6.01 Å². The summed E-state index contributed by atoms with van der Waals surface area (Å²) in [4.78, 5) is 8.24. The van der Waals surface area contributed by atoms with Gasteiger partial charge in [0.2, 0.25) is 0 Å². The molecule has 0 fully saturated rings. The molecule has 0 N–H and O–H groups in total. The van der Waals surface area contributed by atoms with E-state index in [4.69, 9.17) is 4.74 Å². The largest absolute Gasteiger partial charge is 0.460 e. The lowest BCUT2D eigenvalue weighted by atomic mass is 10.1. The standard InChI is InChI=1S/C12H19IN2O/c1-3-4-5-6-7-10(2)16-12-14-8-11(13)9-15-12/h8-10H,3-7H2,1-2H3. The summed E-state index contributed by atoms with van der Waals surface area (Å²) >= 11 is 2.18. The van der Waals surface area contributed by atoms with E-state index in [9.17, 15) is 0 Å². The third-order valence-corrected chi connectivity index (χ3v) is 2.92. The maximum Gasteiger partial charge on any atom is 0.316 e. The van der Waals surface area contributed by atoms with Crippen LogP contribution in [0.1, 0.15) is 46.0 Å². The van der Waals surface area contributed by atoms with Crippen LogP contribution < -0.4 is 4.74 Å². The highest BCUT2D eigenvalue weighted by molar-refractivity contribution is 14.1. The van der Waals surface area contributed by atoms with Crippen LogP contribution in [0, 0.1) is 3.57 Å². The second-order valence-corrected chi connectivity index (χ2v) is 5.21. The average molecular weight is 334 g/mol. The Balaban J connectivity index is 2.23. The Morgan fingerprint density at radius 3 is 2.56 bits per heavy atom. The summed E-state index contributed by atoms with van der Waals surface area (Å²) in [6, 6.07) is 0.489. The number of unbranched alkanes of at least 4 members (excludes halogenated alkanes) is 3. The molecule has 1 heterocycles. The number of hydrogen-bond acceptors (Lipinski definition) is 3. The molecule has 1 atom stereocenters. The van der Waals surface area contributed by atoms with Crippen molar-refractivity contribution < 1.29 is 4.74 Å². The molecule has 1 unspecified atom stereocenters. The third-order valence-electron chi connectivity index (χ3n) is 2.37. The molecule has 0 aromatic carbocycles. The molecule has 16 heavy (non-hydrogen) atoms. The number of nitrogens with zero attached hydrogens (tertiary/aromatic N) is 2. The predicted octanol–water partition coefficient (Wildman–Crippen LogP) is 3.82. The van der Waals surface area contributed by atoms with Gasteiger partial charge in [-0.2, -0.15) is 0 Å². The number of rotatable bonds is 7. The van der Waals surface area contributed by atoms with Crippen molar-refractivity contribution in [2.75, 3.05) is 0 Å². The molecule has 1 aromatic rings. The van der Waals surface area contributed by atoms with Crippen molar-refractivity contribution in [1.29, 1.82) is 0 Å². The molecule has 1 rings (SSSR count). The van der Waals surface area contributed by atoms with Crippen molar-refractivity contribution in [1.82, 2.24) is 9.97 Å². The molecule has 90 valence electrons. The van der Waals surface area contributed by atoms with Gasteiger partial charge in [0.25, 0.3) is 0 Å². The Morgan fingerprint density at radius 2 is 1.94 bits per heavy atom. The van der Waals surface area contributed by atoms with E-state index in [0.717, 1.165) is 9.99 Å². The molecule has 0 aliphatic carbocycles. The fourth-order valence-electron chi connectivity index (χ4n) is 1.46. The van der Waals surface area contributed by atoms with E-state index < -0.39 is 0 Å². The first kappa shape index (κ1) is 13.7. The van der Waals surface area contributed by atoms with Gasteiger partial charge in [0.15, 0.2) is 0 Å². The van der Waals surface area contributed by atoms with Gasteiger partial charge in [0.05, 0.1) is 6.10 Å². The van der Waals surface area contributed by atoms with E-state index >= 15 is 0 Å². The first-order chi connectivity index (χ1) is 7.72. The molecule has 0 bridgehead atoms. The minimum absolute atomic E-state index is 0.205. The Bertz CT molecular complexity index is 290. The maximum absolute atomic E-state index is 5.62. The molecule has 0 saturated heterocycles. The van der Waals surface area contributed by atoms with Crippen LogP contribution in [0.3, 0.4) is 0 Å². The van der Waals surface area contributed by atoms with Crippen LogP contribution in [-0.4, -0.2) is 16.1 Å². The second-order valence-electron chi connectivity index (χ2n) is 3.96. The fourth-order valence-corrected chi connectivity index (χ4v) is 1.74. The van der Waals surface area contributed by atoms with E-state index in [1.54, 1.807) is 12.4 Å². The topological polar surface area (TPSA) is 35.0 Å². The van der Waals surface area contributed by atoms with Crippen LogP contribution in [-0.2, 0) is 0 Å². The summed E-state index contributed by atoms with van der Waals surface area (Å²) in [5.41, 5.74) is 0. The van der Waals surface area contributed by atoms with E-state index in [1.165, 1.54) is 25.7 Å². The summed E-state index contributed by atoms with van der Waals surface area (Å²) in [6.45, 7) is 4.30. The van der Waals surface area contributed by atoms with Crippen molar-refractivity contribution in [3.8, 4) is 6.01 Å². The quantitative estimate of drug-likeness (QED) is 0.562. The Hall–Kier alpha value is -0.390. The smallest absolute Gasteiger partial charge is 0.316 e. The van der Waals surface area contributed by atoms with Gasteiger partial charge in [0, 0.05) is 16.0 Å². The average Bonchev–Trinajstić information content (AvgIpc) is 2.28. The Kier molecular flexibility index (Phi) is 6.68. The number of hydrogen-bond donors (Lipinski definition) is 0. The predicted molar refractivity (Wildman–Crippen MR) is 73.6 cm³/mol. The van der Waals surface area contributed by atoms with Crippen molar-refractivity contribution in [2.24, 2.45) is 0 Å². The molecule has 1 aromatic heterocycles. The molecular formula is C12H19IN2O. The van der Waals surface area contributed by atoms with Gasteiger partial charge < -0.3 is 4.74 Å². The van der Waals surface area contributed by atoms with Crippen LogP contribution >= 0.6 is 22.6 Å². The summed E-state index contributed by atoms with van der Waals surface area (Å²) in [6.07, 6.45) is 9.92. The molecular weight excluding hydrogens is 315 g/mol. The first-order valence-corrected chi connectivity index (χ1v) is 6.94. The Labute approximate surface area is 111 Å². The zero-order valence-electron chi connectivity index (χ0n) is 9.95. The molecule has 0 aliphatic rings. The Morgan fingerprint density at radius 1 is 1.25 bits per heavy atom.